The first-order chi connectivity index (χ1) is 15.6. The molecule has 184 valence electrons. The summed E-state index contributed by atoms with van der Waals surface area (Å²) in [5, 5.41) is 59.1. The van der Waals surface area contributed by atoms with Gasteiger partial charge in [0.25, 0.3) is 0 Å². The third-order valence-corrected chi connectivity index (χ3v) is 5.07. The zero-order valence-electron chi connectivity index (χ0n) is 18.2. The van der Waals surface area contributed by atoms with Gasteiger partial charge in [0, 0.05) is 6.54 Å². The van der Waals surface area contributed by atoms with Crippen molar-refractivity contribution in [2.45, 2.75) is 56.4 Å². The average molecular weight is 470 g/mol. The Morgan fingerprint density at radius 1 is 0.970 bits per heavy atom. The minimum atomic E-state index is -1.64. The van der Waals surface area contributed by atoms with Crippen LogP contribution < -0.4 is 10.6 Å². The van der Waals surface area contributed by atoms with E-state index in [1.807, 2.05) is 19.1 Å². The van der Waals surface area contributed by atoms with Crippen LogP contribution in [-0.4, -0.2) is 103 Å². The number of benzene rings is 1. The van der Waals surface area contributed by atoms with Crippen LogP contribution in [0.25, 0.3) is 11.0 Å². The van der Waals surface area contributed by atoms with Crippen LogP contribution in [-0.2, 0) is 4.74 Å². The fourth-order valence-corrected chi connectivity index (χ4v) is 3.12. The van der Waals surface area contributed by atoms with E-state index in [-0.39, 0.29) is 12.0 Å². The number of aliphatic hydroxyl groups excluding tert-OH is 6. The number of carbonyl (C=O) groups excluding carboxylic acids is 2. The highest BCUT2D eigenvalue weighted by Crippen LogP contribution is 2.21. The lowest BCUT2D eigenvalue weighted by Gasteiger charge is -2.39. The molecular weight excluding hydrogens is 440 g/mol. The van der Waals surface area contributed by atoms with E-state index in [0.29, 0.717) is 17.6 Å². The Morgan fingerprint density at radius 3 is 1.97 bits per heavy atom. The highest BCUT2D eigenvalue weighted by atomic mass is 16.5. The van der Waals surface area contributed by atoms with Crippen LogP contribution >= 0.6 is 0 Å². The molecule has 1 aliphatic rings. The minimum absolute atomic E-state index is 0.136. The minimum Gasteiger partial charge on any atom is -0.453 e. The molecule has 0 spiro atoms. The molecule has 33 heavy (non-hydrogen) atoms. The fraction of sp³-hybridized carbons (Fsp3) is 0.550. The van der Waals surface area contributed by atoms with Crippen molar-refractivity contribution < 1.29 is 45.0 Å². The van der Waals surface area contributed by atoms with E-state index in [9.17, 15) is 9.59 Å². The van der Waals surface area contributed by atoms with Crippen LogP contribution in [0.5, 0.6) is 0 Å². The van der Waals surface area contributed by atoms with Crippen molar-refractivity contribution in [2.75, 3.05) is 19.0 Å². The summed E-state index contributed by atoms with van der Waals surface area (Å²) in [5.74, 6) is 0.136. The van der Waals surface area contributed by atoms with Crippen molar-refractivity contribution in [3.63, 3.8) is 0 Å². The predicted octanol–water partition coefficient (Wildman–Crippen LogP) is -1.26. The van der Waals surface area contributed by atoms with Gasteiger partial charge in [0.2, 0.25) is 5.95 Å². The quantitative estimate of drug-likeness (QED) is 0.249. The number of hydrogen-bond donors (Lipinski definition) is 8. The van der Waals surface area contributed by atoms with Gasteiger partial charge in [0.1, 0.15) is 36.6 Å². The summed E-state index contributed by atoms with van der Waals surface area (Å²) in [7, 11) is 1.25. The van der Waals surface area contributed by atoms with E-state index in [2.05, 4.69) is 20.4 Å². The normalized spacial score (nSPS) is 26.8. The summed E-state index contributed by atoms with van der Waals surface area (Å²) in [5.41, 5.74) is 1.24. The number of aromatic nitrogens is 2. The van der Waals surface area contributed by atoms with Crippen LogP contribution in [0.1, 0.15) is 19.8 Å². The largest absolute Gasteiger partial charge is 0.453 e. The summed E-state index contributed by atoms with van der Waals surface area (Å²) in [4.78, 5) is 27.9. The summed E-state index contributed by atoms with van der Waals surface area (Å²) >= 11 is 0. The zero-order chi connectivity index (χ0) is 24.7. The Hall–Kier alpha value is -2.81. The van der Waals surface area contributed by atoms with Gasteiger partial charge in [-0.25, -0.2) is 19.1 Å². The molecule has 8 N–H and O–H groups in total. The second-order valence-corrected chi connectivity index (χ2v) is 7.41. The lowest BCUT2D eigenvalue weighted by Crippen LogP contribution is -2.63. The van der Waals surface area contributed by atoms with Crippen LogP contribution in [0, 0.1) is 0 Å². The molecule has 13 nitrogen and oxygen atoms in total. The standard InChI is InChI=1S/C14H18N4O3.C6H12O6/c1-3-4-9-15-13(19)18-11-8-6-5-7-10(11)16-12(18)17-14(20)21-2;7-1-2(8)4(10)6(12)5(11)3(1)9/h5-8H,3-4,9H2,1-2H3,(H,15,19)(H,16,17,20);1-12H. The van der Waals surface area contributed by atoms with Crippen LogP contribution in [0.4, 0.5) is 15.5 Å². The Kier molecular flexibility index (Phi) is 9.52. The van der Waals surface area contributed by atoms with Gasteiger partial charge in [-0.15, -0.1) is 0 Å². The number of aliphatic hydroxyl groups is 6. The number of ether oxygens (including phenoxy) is 1. The van der Waals surface area contributed by atoms with Crippen LogP contribution in [0.15, 0.2) is 24.3 Å². The molecule has 2 amide bonds. The van der Waals surface area contributed by atoms with Crippen molar-refractivity contribution in [1.29, 1.82) is 0 Å². The van der Waals surface area contributed by atoms with Crippen molar-refractivity contribution >= 4 is 29.1 Å². The van der Waals surface area contributed by atoms with Gasteiger partial charge < -0.3 is 40.7 Å². The summed E-state index contributed by atoms with van der Waals surface area (Å²) < 4.78 is 5.88. The van der Waals surface area contributed by atoms with E-state index < -0.39 is 42.7 Å². The van der Waals surface area contributed by atoms with Crippen LogP contribution in [0.2, 0.25) is 0 Å². The SMILES string of the molecule is CCCCNC(=O)n1c(NC(=O)OC)nc2ccccc21.OC1C(O)C(O)C(O)C(O)C1O. The van der Waals surface area contributed by atoms with Crippen molar-refractivity contribution in [1.82, 2.24) is 14.9 Å². The summed E-state index contributed by atoms with van der Waals surface area (Å²) in [6, 6.07) is 6.83. The first kappa shape index (κ1) is 26.4. The number of unbranched alkanes of at least 4 members (excludes halogenated alkanes) is 1. The number of hydrogen-bond acceptors (Lipinski definition) is 10. The molecule has 2 aromatic rings. The monoisotopic (exact) mass is 470 g/mol. The molecule has 1 aromatic carbocycles. The van der Waals surface area contributed by atoms with Crippen LogP contribution in [0.3, 0.4) is 0 Å². The molecule has 1 heterocycles. The van der Waals surface area contributed by atoms with Gasteiger partial charge in [-0.1, -0.05) is 25.5 Å². The van der Waals surface area contributed by atoms with Gasteiger partial charge in [-0.05, 0) is 18.6 Å². The molecule has 0 radical (unpaired) electrons. The van der Waals surface area contributed by atoms with E-state index in [1.165, 1.54) is 11.7 Å². The zero-order valence-corrected chi connectivity index (χ0v) is 18.2. The average Bonchev–Trinajstić information content (AvgIpc) is 3.18. The number of nitrogens with zero attached hydrogens (tertiary/aromatic N) is 2. The third kappa shape index (κ3) is 6.16. The first-order valence-electron chi connectivity index (χ1n) is 10.3. The third-order valence-electron chi connectivity index (χ3n) is 5.07. The number of amides is 2. The molecule has 0 unspecified atom stereocenters. The van der Waals surface area contributed by atoms with Gasteiger partial charge in [-0.3, -0.25) is 5.32 Å². The number of para-hydroxylation sites is 2. The van der Waals surface area contributed by atoms with Gasteiger partial charge in [-0.2, -0.15) is 0 Å². The van der Waals surface area contributed by atoms with E-state index >= 15 is 0 Å². The lowest BCUT2D eigenvalue weighted by molar-refractivity contribution is -0.223. The topological polar surface area (TPSA) is 207 Å². The highest BCUT2D eigenvalue weighted by molar-refractivity contribution is 5.96. The lowest BCUT2D eigenvalue weighted by atomic mass is 9.85. The second kappa shape index (κ2) is 11.9. The first-order valence-corrected chi connectivity index (χ1v) is 10.3. The van der Waals surface area contributed by atoms with Gasteiger partial charge >= 0.3 is 12.1 Å². The van der Waals surface area contributed by atoms with E-state index in [0.717, 1.165) is 12.8 Å². The highest BCUT2D eigenvalue weighted by Gasteiger charge is 2.47. The smallest absolute Gasteiger partial charge is 0.413 e. The van der Waals surface area contributed by atoms with E-state index in [4.69, 9.17) is 30.6 Å². The number of carbonyl (C=O) groups is 2. The molecule has 1 saturated carbocycles. The summed E-state index contributed by atoms with van der Waals surface area (Å²) in [6.45, 7) is 2.61. The van der Waals surface area contributed by atoms with Gasteiger partial charge in [0.15, 0.2) is 0 Å². The maximum Gasteiger partial charge on any atom is 0.413 e. The van der Waals surface area contributed by atoms with Crippen molar-refractivity contribution in [3.8, 4) is 0 Å². The number of rotatable bonds is 4. The Bertz CT molecular complexity index is 879. The maximum atomic E-state index is 12.3. The molecular formula is C20H30N4O9. The Labute approximate surface area is 189 Å². The predicted molar refractivity (Wildman–Crippen MR) is 116 cm³/mol. The number of methoxy groups -OCH3 is 1. The number of nitrogens with one attached hydrogen (secondary N) is 2. The van der Waals surface area contributed by atoms with E-state index in [1.54, 1.807) is 12.1 Å². The Balaban J connectivity index is 0.000000273. The Morgan fingerprint density at radius 2 is 1.48 bits per heavy atom. The number of anilines is 1. The molecule has 1 aromatic heterocycles. The fourth-order valence-electron chi connectivity index (χ4n) is 3.12. The molecule has 1 fully saturated rings. The van der Waals surface area contributed by atoms with Gasteiger partial charge in [0.05, 0.1) is 18.1 Å². The molecule has 0 aliphatic heterocycles. The maximum absolute atomic E-state index is 12.3. The van der Waals surface area contributed by atoms with Crippen molar-refractivity contribution in [3.05, 3.63) is 24.3 Å². The molecule has 3 rings (SSSR count). The number of imidazole rings is 1. The molecule has 0 bridgehead atoms. The molecule has 1 aliphatic carbocycles. The van der Waals surface area contributed by atoms with Crippen molar-refractivity contribution in [2.24, 2.45) is 0 Å². The summed E-state index contributed by atoms with van der Waals surface area (Å²) in [6.07, 6.45) is -8.64. The molecule has 13 heteroatoms. The molecule has 0 atom stereocenters. The number of fused-ring (bicyclic) bond motifs is 1. The second-order valence-electron chi connectivity index (χ2n) is 7.41. The molecule has 0 saturated heterocycles.